The van der Waals surface area contributed by atoms with E-state index < -0.39 is 6.23 Å². The summed E-state index contributed by atoms with van der Waals surface area (Å²) >= 11 is 8.04. The summed E-state index contributed by atoms with van der Waals surface area (Å²) in [6, 6.07) is 16.3. The minimum atomic E-state index is -0.914. The lowest BCUT2D eigenvalue weighted by Gasteiger charge is -2.32. The van der Waals surface area contributed by atoms with Gasteiger partial charge in [-0.3, -0.25) is 10.2 Å². The average molecular weight is 536 g/mol. The van der Waals surface area contributed by atoms with Crippen LogP contribution in [0.5, 0.6) is 11.5 Å². The number of urea groups is 1. The summed E-state index contributed by atoms with van der Waals surface area (Å²) in [6.07, 6.45) is 2.83. The second kappa shape index (κ2) is 9.92. The van der Waals surface area contributed by atoms with Gasteiger partial charge in [-0.1, -0.05) is 29.8 Å². The number of aromatic nitrogens is 1. The van der Waals surface area contributed by atoms with Crippen molar-refractivity contribution >= 4 is 56.2 Å². The number of piperidine rings is 1. The van der Waals surface area contributed by atoms with E-state index in [9.17, 15) is 9.90 Å². The maximum Gasteiger partial charge on any atom is 0.331 e. The van der Waals surface area contributed by atoms with Gasteiger partial charge in [0.1, 0.15) is 22.6 Å². The molecule has 2 aromatic carbocycles. The number of pyridine rings is 1. The van der Waals surface area contributed by atoms with Gasteiger partial charge in [0.25, 0.3) is 0 Å². The first-order valence-corrected chi connectivity index (χ1v) is 13.3. The minimum absolute atomic E-state index is 0.171. The Bertz CT molecular complexity index is 1460. The quantitative estimate of drug-likeness (QED) is 0.258. The number of anilines is 3. The summed E-state index contributed by atoms with van der Waals surface area (Å²) in [5, 5.41) is 18.6. The molecule has 0 aliphatic carbocycles. The van der Waals surface area contributed by atoms with E-state index in [1.165, 1.54) is 16.2 Å². The first-order valence-electron chi connectivity index (χ1n) is 12.2. The van der Waals surface area contributed by atoms with Crippen LogP contribution in [-0.4, -0.2) is 47.2 Å². The van der Waals surface area contributed by atoms with Crippen molar-refractivity contribution in [2.45, 2.75) is 25.1 Å². The number of thiophene rings is 1. The van der Waals surface area contributed by atoms with E-state index in [1.54, 1.807) is 30.5 Å². The van der Waals surface area contributed by atoms with Gasteiger partial charge in [-0.05, 0) is 56.8 Å². The van der Waals surface area contributed by atoms with Crippen LogP contribution < -0.4 is 20.3 Å². The van der Waals surface area contributed by atoms with Gasteiger partial charge in [0.15, 0.2) is 0 Å². The number of nitrogens with one attached hydrogen (secondary N) is 2. The first-order chi connectivity index (χ1) is 18.0. The van der Waals surface area contributed by atoms with Gasteiger partial charge in [0, 0.05) is 24.8 Å². The molecule has 4 heterocycles. The van der Waals surface area contributed by atoms with Crippen molar-refractivity contribution in [1.29, 1.82) is 0 Å². The lowest BCUT2D eigenvalue weighted by Crippen LogP contribution is -2.45. The smallest absolute Gasteiger partial charge is 0.331 e. The number of carbonyl (C=O) groups excluding carboxylic acids is 1. The number of aliphatic hydroxyl groups excluding tert-OH is 1. The molecule has 2 amide bonds. The number of benzene rings is 2. The summed E-state index contributed by atoms with van der Waals surface area (Å²) in [6.45, 7) is 1.92. The molecule has 1 fully saturated rings. The van der Waals surface area contributed by atoms with Crippen LogP contribution in [0.2, 0.25) is 5.02 Å². The van der Waals surface area contributed by atoms with Crippen molar-refractivity contribution < 1.29 is 14.6 Å². The van der Waals surface area contributed by atoms with Crippen LogP contribution in [-0.2, 0) is 0 Å². The van der Waals surface area contributed by atoms with E-state index in [0.29, 0.717) is 38.5 Å². The number of amides is 2. The summed E-state index contributed by atoms with van der Waals surface area (Å²) in [5.74, 6) is 1.26. The van der Waals surface area contributed by atoms with Crippen LogP contribution in [0.1, 0.15) is 23.9 Å². The molecule has 10 heteroatoms. The summed E-state index contributed by atoms with van der Waals surface area (Å²) < 4.78 is 5.89. The zero-order chi connectivity index (χ0) is 25.5. The molecule has 1 saturated heterocycles. The van der Waals surface area contributed by atoms with Crippen molar-refractivity contribution in [3.63, 3.8) is 0 Å². The number of para-hydroxylation sites is 1. The molecule has 2 aromatic heterocycles. The third kappa shape index (κ3) is 4.65. The number of hydrogen-bond donors (Lipinski definition) is 3. The Kier molecular flexibility index (Phi) is 6.48. The number of halogens is 1. The fraction of sp³-hybridized carbons (Fsp3) is 0.259. The van der Waals surface area contributed by atoms with Gasteiger partial charge in [0.05, 0.1) is 32.3 Å². The number of hydrogen-bond acceptors (Lipinski definition) is 7. The Hall–Kier alpha value is -3.21. The molecular weight excluding hydrogens is 510 g/mol. The first kappa shape index (κ1) is 24.1. The zero-order valence-corrected chi connectivity index (χ0v) is 21.7. The van der Waals surface area contributed by atoms with Crippen molar-refractivity contribution in [3.05, 3.63) is 70.7 Å². The van der Waals surface area contributed by atoms with Gasteiger partial charge in [0.2, 0.25) is 0 Å². The number of likely N-dealkylation sites (N-methyl/N-ethyl adjacent to an activating group) is 1. The van der Waals surface area contributed by atoms with Crippen molar-refractivity contribution in [1.82, 2.24) is 15.2 Å². The Labute approximate surface area is 223 Å². The highest BCUT2D eigenvalue weighted by Crippen LogP contribution is 2.48. The fourth-order valence-corrected chi connectivity index (χ4v) is 6.32. The Balaban J connectivity index is 1.32. The number of ether oxygens (including phenoxy) is 1. The maximum absolute atomic E-state index is 13.4. The summed E-state index contributed by atoms with van der Waals surface area (Å²) in [4.78, 5) is 23.1. The standard InChI is InChI=1S/C27H26ClN5O3S/c1-32-13-5-6-16(15-32)30-25(34)24-23-22-21(11-12-29-26(22)37-24)33(27(35)31-23)20-10-9-18(14-19(20)28)36-17-7-3-2-4-8-17/h2-4,7-12,14,16,25,30,34H,5-6,13,15H2,1H3,(H,31,35)/t16-,25?/m1/s1. The van der Waals surface area contributed by atoms with Gasteiger partial charge < -0.3 is 20.1 Å². The molecule has 190 valence electrons. The lowest BCUT2D eigenvalue weighted by molar-refractivity contribution is 0.103. The largest absolute Gasteiger partial charge is 0.457 e. The molecule has 8 nitrogen and oxygen atoms in total. The van der Waals surface area contributed by atoms with E-state index in [4.69, 9.17) is 16.3 Å². The average Bonchev–Trinajstić information content (AvgIpc) is 3.25. The van der Waals surface area contributed by atoms with Crippen LogP contribution in [0.15, 0.2) is 60.8 Å². The van der Waals surface area contributed by atoms with Crippen LogP contribution in [0.4, 0.5) is 21.9 Å². The SMILES string of the molecule is CN1CCC[C@@H](NC(O)c2sc3nccc4c3c2NC(=O)N4c2ccc(Oc3ccccc3)cc2Cl)C1. The topological polar surface area (TPSA) is 90.0 Å². The molecule has 2 aliphatic heterocycles. The predicted octanol–water partition coefficient (Wildman–Crippen LogP) is 6.10. The zero-order valence-electron chi connectivity index (χ0n) is 20.1. The predicted molar refractivity (Wildman–Crippen MR) is 147 cm³/mol. The molecule has 0 saturated carbocycles. The Morgan fingerprint density at radius 3 is 2.81 bits per heavy atom. The third-order valence-electron chi connectivity index (χ3n) is 6.68. The van der Waals surface area contributed by atoms with E-state index >= 15 is 0 Å². The molecule has 2 atom stereocenters. The fourth-order valence-electron chi connectivity index (χ4n) is 5.00. The number of nitrogens with zero attached hydrogens (tertiary/aromatic N) is 3. The van der Waals surface area contributed by atoms with Crippen LogP contribution in [0, 0.1) is 0 Å². The normalized spacial score (nSPS) is 18.6. The van der Waals surface area contributed by atoms with Gasteiger partial charge in [-0.2, -0.15) is 0 Å². The van der Waals surface area contributed by atoms with E-state index in [0.717, 1.165) is 36.1 Å². The molecule has 2 aliphatic rings. The van der Waals surface area contributed by atoms with Gasteiger partial charge in [-0.15, -0.1) is 11.3 Å². The van der Waals surface area contributed by atoms with Crippen LogP contribution in [0.25, 0.3) is 10.2 Å². The van der Waals surface area contributed by atoms with Crippen molar-refractivity contribution in [2.24, 2.45) is 0 Å². The van der Waals surface area contributed by atoms with Gasteiger partial charge >= 0.3 is 6.03 Å². The molecule has 0 bridgehead atoms. The summed E-state index contributed by atoms with van der Waals surface area (Å²) in [7, 11) is 2.08. The van der Waals surface area contributed by atoms with E-state index in [1.807, 2.05) is 30.3 Å². The van der Waals surface area contributed by atoms with Crippen LogP contribution >= 0.6 is 22.9 Å². The van der Waals surface area contributed by atoms with Crippen LogP contribution in [0.3, 0.4) is 0 Å². The molecule has 4 aromatic rings. The van der Waals surface area contributed by atoms with Gasteiger partial charge in [-0.25, -0.2) is 9.78 Å². The third-order valence-corrected chi connectivity index (χ3v) is 8.13. The highest BCUT2D eigenvalue weighted by atomic mass is 35.5. The maximum atomic E-state index is 13.4. The molecule has 0 spiro atoms. The second-order valence-electron chi connectivity index (χ2n) is 9.32. The molecule has 3 N–H and O–H groups in total. The van der Waals surface area contributed by atoms with E-state index in [2.05, 4.69) is 27.6 Å². The lowest BCUT2D eigenvalue weighted by atomic mass is 10.1. The van der Waals surface area contributed by atoms with E-state index in [-0.39, 0.29) is 12.1 Å². The number of likely N-dealkylation sites (tertiary alicyclic amines) is 1. The highest BCUT2D eigenvalue weighted by Gasteiger charge is 2.34. The highest BCUT2D eigenvalue weighted by molar-refractivity contribution is 7.19. The number of rotatable bonds is 6. The number of carbonyl (C=O) groups is 1. The molecule has 1 unspecified atom stereocenters. The van der Waals surface area contributed by atoms with Crippen molar-refractivity contribution in [2.75, 3.05) is 30.4 Å². The molecular formula is C27H26ClN5O3S. The Morgan fingerprint density at radius 1 is 1.19 bits per heavy atom. The molecule has 0 radical (unpaired) electrons. The molecule has 37 heavy (non-hydrogen) atoms. The summed E-state index contributed by atoms with van der Waals surface area (Å²) in [5.41, 5.74) is 1.78. The number of aliphatic hydroxyl groups is 1. The minimum Gasteiger partial charge on any atom is -0.457 e. The second-order valence-corrected chi connectivity index (χ2v) is 10.8. The monoisotopic (exact) mass is 535 g/mol. The molecule has 6 rings (SSSR count). The Morgan fingerprint density at radius 2 is 2.03 bits per heavy atom. The van der Waals surface area contributed by atoms with Crippen molar-refractivity contribution in [3.8, 4) is 11.5 Å².